The van der Waals surface area contributed by atoms with Crippen molar-refractivity contribution in [2.24, 2.45) is 0 Å². The fraction of sp³-hybridized carbons (Fsp3) is 0.375. The average Bonchev–Trinajstić information content (AvgIpc) is 3.21. The number of carbonyl (C=O) groups excluding carboxylic acids is 1. The maximum atomic E-state index is 12.6. The number of benzene rings is 2. The molecule has 176 valence electrons. The zero-order valence-electron chi connectivity index (χ0n) is 19.7. The van der Waals surface area contributed by atoms with Gasteiger partial charge in [-0.25, -0.2) is 8.42 Å². The standard InChI is InChI=1S/C24H30N4O4S/c1-17-9-6-11-20(15-17)24-25-22(32-26-24)16-27(4)23(29)13-8-14-28(33(5,30)31)21-12-7-10-18(2)19(21)3/h6-7,9-12,15H,8,13-14,16H2,1-5H3. The molecule has 33 heavy (non-hydrogen) atoms. The Morgan fingerprint density at radius 1 is 1.09 bits per heavy atom. The largest absolute Gasteiger partial charge is 0.337 e. The third-order valence-electron chi connectivity index (χ3n) is 5.54. The van der Waals surface area contributed by atoms with Gasteiger partial charge >= 0.3 is 0 Å². The molecule has 0 aliphatic carbocycles. The van der Waals surface area contributed by atoms with Crippen LogP contribution in [0.15, 0.2) is 47.0 Å². The Kier molecular flexibility index (Phi) is 7.53. The summed E-state index contributed by atoms with van der Waals surface area (Å²) in [5, 5.41) is 4.00. The van der Waals surface area contributed by atoms with Crippen LogP contribution in [-0.2, 0) is 21.4 Å². The summed E-state index contributed by atoms with van der Waals surface area (Å²) in [7, 11) is -1.81. The summed E-state index contributed by atoms with van der Waals surface area (Å²) in [6.45, 7) is 6.24. The molecule has 0 spiro atoms. The third-order valence-corrected chi connectivity index (χ3v) is 6.72. The highest BCUT2D eigenvalue weighted by Gasteiger charge is 2.21. The minimum Gasteiger partial charge on any atom is -0.337 e. The summed E-state index contributed by atoms with van der Waals surface area (Å²) in [5.41, 5.74) is 4.52. The van der Waals surface area contributed by atoms with Crippen molar-refractivity contribution in [3.63, 3.8) is 0 Å². The van der Waals surface area contributed by atoms with Gasteiger partial charge in [-0.1, -0.05) is 41.1 Å². The average molecular weight is 471 g/mol. The molecule has 1 heterocycles. The van der Waals surface area contributed by atoms with Gasteiger partial charge in [-0.2, -0.15) is 4.98 Å². The first-order valence-electron chi connectivity index (χ1n) is 10.7. The van der Waals surface area contributed by atoms with E-state index in [-0.39, 0.29) is 25.4 Å². The Balaban J connectivity index is 1.59. The van der Waals surface area contributed by atoms with E-state index in [1.54, 1.807) is 13.1 Å². The van der Waals surface area contributed by atoms with Crippen LogP contribution in [-0.4, -0.2) is 49.2 Å². The summed E-state index contributed by atoms with van der Waals surface area (Å²) in [4.78, 5) is 18.5. The Morgan fingerprint density at radius 3 is 2.52 bits per heavy atom. The Hall–Kier alpha value is -3.20. The van der Waals surface area contributed by atoms with Gasteiger partial charge in [0.05, 0.1) is 18.5 Å². The minimum atomic E-state index is -3.48. The number of aryl methyl sites for hydroxylation is 2. The number of nitrogens with zero attached hydrogens (tertiary/aromatic N) is 4. The summed E-state index contributed by atoms with van der Waals surface area (Å²) >= 11 is 0. The lowest BCUT2D eigenvalue weighted by Gasteiger charge is -2.25. The molecule has 0 aliphatic rings. The molecule has 0 atom stereocenters. The molecule has 0 unspecified atom stereocenters. The lowest BCUT2D eigenvalue weighted by molar-refractivity contribution is -0.130. The molecule has 1 aromatic heterocycles. The van der Waals surface area contributed by atoms with E-state index >= 15 is 0 Å². The molecular weight excluding hydrogens is 440 g/mol. The van der Waals surface area contributed by atoms with E-state index in [0.29, 0.717) is 23.8 Å². The SMILES string of the molecule is Cc1cccc(-c2noc(CN(C)C(=O)CCCN(c3cccc(C)c3C)S(C)(=O)=O)n2)c1. The van der Waals surface area contributed by atoms with Crippen LogP contribution in [0.5, 0.6) is 0 Å². The first-order valence-corrected chi connectivity index (χ1v) is 12.6. The predicted molar refractivity (Wildman–Crippen MR) is 128 cm³/mol. The number of amides is 1. The molecule has 3 aromatic rings. The van der Waals surface area contributed by atoms with Gasteiger partial charge in [0.15, 0.2) is 0 Å². The van der Waals surface area contributed by atoms with Crippen molar-refractivity contribution in [1.82, 2.24) is 15.0 Å². The van der Waals surface area contributed by atoms with E-state index in [1.807, 2.05) is 57.2 Å². The molecule has 0 radical (unpaired) electrons. The van der Waals surface area contributed by atoms with Crippen molar-refractivity contribution in [3.8, 4) is 11.4 Å². The molecule has 0 bridgehead atoms. The first kappa shape index (κ1) is 24.4. The zero-order chi connectivity index (χ0) is 24.2. The van der Waals surface area contributed by atoms with Crippen molar-refractivity contribution in [2.45, 2.75) is 40.2 Å². The van der Waals surface area contributed by atoms with Gasteiger partial charge in [0.1, 0.15) is 0 Å². The van der Waals surface area contributed by atoms with Crippen molar-refractivity contribution < 1.29 is 17.7 Å². The number of hydrogen-bond donors (Lipinski definition) is 0. The Morgan fingerprint density at radius 2 is 1.82 bits per heavy atom. The van der Waals surface area contributed by atoms with E-state index in [1.165, 1.54) is 15.5 Å². The molecule has 8 nitrogen and oxygen atoms in total. The van der Waals surface area contributed by atoms with Gasteiger partial charge in [0, 0.05) is 25.6 Å². The number of anilines is 1. The van der Waals surface area contributed by atoms with E-state index in [0.717, 1.165) is 22.3 Å². The number of hydrogen-bond acceptors (Lipinski definition) is 6. The molecule has 3 rings (SSSR count). The number of sulfonamides is 1. The Labute approximate surface area is 195 Å². The normalized spacial score (nSPS) is 11.4. The zero-order valence-corrected chi connectivity index (χ0v) is 20.5. The molecule has 0 saturated carbocycles. The maximum Gasteiger partial charge on any atom is 0.246 e. The maximum absolute atomic E-state index is 12.6. The van der Waals surface area contributed by atoms with Gasteiger partial charge < -0.3 is 9.42 Å². The quantitative estimate of drug-likeness (QED) is 0.471. The van der Waals surface area contributed by atoms with Gasteiger partial charge in [0.2, 0.25) is 27.6 Å². The summed E-state index contributed by atoms with van der Waals surface area (Å²) in [6.07, 6.45) is 1.78. The monoisotopic (exact) mass is 470 g/mol. The minimum absolute atomic E-state index is 0.125. The van der Waals surface area contributed by atoms with Crippen LogP contribution in [0.3, 0.4) is 0 Å². The summed E-state index contributed by atoms with van der Waals surface area (Å²) < 4.78 is 31.5. The van der Waals surface area contributed by atoms with E-state index < -0.39 is 10.0 Å². The van der Waals surface area contributed by atoms with Crippen LogP contribution < -0.4 is 4.31 Å². The molecule has 2 aromatic carbocycles. The highest BCUT2D eigenvalue weighted by molar-refractivity contribution is 7.92. The highest BCUT2D eigenvalue weighted by Crippen LogP contribution is 2.25. The van der Waals surface area contributed by atoms with Crippen LogP contribution in [0.4, 0.5) is 5.69 Å². The summed E-state index contributed by atoms with van der Waals surface area (Å²) in [6, 6.07) is 13.4. The topological polar surface area (TPSA) is 96.6 Å². The van der Waals surface area contributed by atoms with Gasteiger partial charge in [-0.05, 0) is 50.5 Å². The fourth-order valence-electron chi connectivity index (χ4n) is 3.55. The second-order valence-electron chi connectivity index (χ2n) is 8.29. The smallest absolute Gasteiger partial charge is 0.246 e. The van der Waals surface area contributed by atoms with Crippen molar-refractivity contribution in [2.75, 3.05) is 24.2 Å². The molecule has 1 amide bonds. The molecule has 9 heteroatoms. The van der Waals surface area contributed by atoms with Gasteiger partial charge in [0.25, 0.3) is 0 Å². The lowest BCUT2D eigenvalue weighted by Crippen LogP contribution is -2.33. The van der Waals surface area contributed by atoms with Crippen LogP contribution in [0, 0.1) is 20.8 Å². The van der Waals surface area contributed by atoms with E-state index in [9.17, 15) is 13.2 Å². The molecule has 0 saturated heterocycles. The molecular formula is C24H30N4O4S. The van der Waals surface area contributed by atoms with Crippen molar-refractivity contribution in [1.29, 1.82) is 0 Å². The predicted octanol–water partition coefficient (Wildman–Crippen LogP) is 3.87. The van der Waals surface area contributed by atoms with Crippen molar-refractivity contribution >= 4 is 21.6 Å². The Bertz CT molecular complexity index is 1240. The first-order chi connectivity index (χ1) is 15.6. The number of aromatic nitrogens is 2. The summed E-state index contributed by atoms with van der Waals surface area (Å²) in [5.74, 6) is 0.696. The molecule has 0 aliphatic heterocycles. The van der Waals surface area contributed by atoms with Gasteiger partial charge in [-0.3, -0.25) is 9.10 Å². The highest BCUT2D eigenvalue weighted by atomic mass is 32.2. The number of rotatable bonds is 9. The van der Waals surface area contributed by atoms with Crippen LogP contribution >= 0.6 is 0 Å². The van der Waals surface area contributed by atoms with E-state index in [2.05, 4.69) is 10.1 Å². The van der Waals surface area contributed by atoms with E-state index in [4.69, 9.17) is 4.52 Å². The van der Waals surface area contributed by atoms with Crippen molar-refractivity contribution in [3.05, 3.63) is 65.0 Å². The second kappa shape index (κ2) is 10.2. The fourth-order valence-corrected chi connectivity index (χ4v) is 4.56. The third kappa shape index (κ3) is 6.19. The lowest BCUT2D eigenvalue weighted by atomic mass is 10.1. The molecule has 0 N–H and O–H groups in total. The van der Waals surface area contributed by atoms with Crippen LogP contribution in [0.25, 0.3) is 11.4 Å². The second-order valence-corrected chi connectivity index (χ2v) is 10.2. The molecule has 0 fully saturated rings. The van der Waals surface area contributed by atoms with Crippen LogP contribution in [0.1, 0.15) is 35.4 Å². The van der Waals surface area contributed by atoms with Gasteiger partial charge in [-0.15, -0.1) is 0 Å². The van der Waals surface area contributed by atoms with Crippen LogP contribution in [0.2, 0.25) is 0 Å². The number of carbonyl (C=O) groups is 1.